The first kappa shape index (κ1) is 10.8. The summed E-state index contributed by atoms with van der Waals surface area (Å²) in [6.45, 7) is 2.03. The Hall–Kier alpha value is -2.36. The second-order valence-electron chi connectivity index (χ2n) is 4.13. The number of fused-ring (bicyclic) bond motifs is 1. The van der Waals surface area contributed by atoms with Crippen molar-refractivity contribution < 1.29 is 4.74 Å². The van der Waals surface area contributed by atoms with E-state index in [0.29, 0.717) is 5.82 Å². The van der Waals surface area contributed by atoms with Gasteiger partial charge in [0.2, 0.25) is 0 Å². The molecule has 4 nitrogen and oxygen atoms in total. The van der Waals surface area contributed by atoms with Crippen LogP contribution in [0.15, 0.2) is 42.6 Å². The van der Waals surface area contributed by atoms with Gasteiger partial charge in [0.25, 0.3) is 0 Å². The van der Waals surface area contributed by atoms with Crippen LogP contribution in [0.2, 0.25) is 0 Å². The zero-order chi connectivity index (χ0) is 12.5. The van der Waals surface area contributed by atoms with Gasteiger partial charge < -0.3 is 4.74 Å². The standard InChI is InChI=1S/C14H13N3O/c1-10-5-4-8-17-14(10)15-13(16-17)11-6-3-7-12(9-11)18-2/h3-9H,1-2H3. The third-order valence-corrected chi connectivity index (χ3v) is 2.89. The first-order valence-corrected chi connectivity index (χ1v) is 5.74. The summed E-state index contributed by atoms with van der Waals surface area (Å²) in [6.07, 6.45) is 1.90. The molecule has 0 aliphatic carbocycles. The lowest BCUT2D eigenvalue weighted by Crippen LogP contribution is -1.88. The third kappa shape index (κ3) is 1.72. The highest BCUT2D eigenvalue weighted by molar-refractivity contribution is 5.61. The van der Waals surface area contributed by atoms with E-state index >= 15 is 0 Å². The molecule has 4 heteroatoms. The highest BCUT2D eigenvalue weighted by atomic mass is 16.5. The highest BCUT2D eigenvalue weighted by Crippen LogP contribution is 2.22. The average Bonchev–Trinajstić information content (AvgIpc) is 2.84. The van der Waals surface area contributed by atoms with E-state index in [1.165, 1.54) is 0 Å². The van der Waals surface area contributed by atoms with Gasteiger partial charge in [0.05, 0.1) is 7.11 Å². The number of pyridine rings is 1. The minimum absolute atomic E-state index is 0.711. The Morgan fingerprint density at radius 2 is 2.06 bits per heavy atom. The van der Waals surface area contributed by atoms with Crippen molar-refractivity contribution in [2.45, 2.75) is 6.92 Å². The number of hydrogen-bond donors (Lipinski definition) is 0. The molecule has 18 heavy (non-hydrogen) atoms. The first-order valence-electron chi connectivity index (χ1n) is 5.74. The molecule has 0 aliphatic rings. The fourth-order valence-corrected chi connectivity index (χ4v) is 1.92. The summed E-state index contributed by atoms with van der Waals surface area (Å²) in [5, 5.41) is 4.47. The molecule has 0 N–H and O–H groups in total. The summed E-state index contributed by atoms with van der Waals surface area (Å²) in [7, 11) is 1.65. The molecule has 0 spiro atoms. The van der Waals surface area contributed by atoms with Crippen LogP contribution >= 0.6 is 0 Å². The number of benzene rings is 1. The van der Waals surface area contributed by atoms with Crippen molar-refractivity contribution in [1.29, 1.82) is 0 Å². The van der Waals surface area contributed by atoms with E-state index in [0.717, 1.165) is 22.5 Å². The predicted molar refractivity (Wildman–Crippen MR) is 69.7 cm³/mol. The number of ether oxygens (including phenoxy) is 1. The zero-order valence-electron chi connectivity index (χ0n) is 10.3. The predicted octanol–water partition coefficient (Wildman–Crippen LogP) is 2.71. The Balaban J connectivity index is 2.16. The van der Waals surface area contributed by atoms with Crippen LogP contribution in [0.25, 0.3) is 17.0 Å². The second-order valence-corrected chi connectivity index (χ2v) is 4.13. The van der Waals surface area contributed by atoms with Crippen LogP contribution in [0.5, 0.6) is 5.75 Å². The molecule has 0 saturated heterocycles. The molecule has 3 rings (SSSR count). The van der Waals surface area contributed by atoms with Crippen molar-refractivity contribution in [3.63, 3.8) is 0 Å². The van der Waals surface area contributed by atoms with Crippen molar-refractivity contribution in [1.82, 2.24) is 14.6 Å². The molecule has 0 aliphatic heterocycles. The fourth-order valence-electron chi connectivity index (χ4n) is 1.92. The van der Waals surface area contributed by atoms with Gasteiger partial charge in [-0.3, -0.25) is 0 Å². The smallest absolute Gasteiger partial charge is 0.182 e. The quantitative estimate of drug-likeness (QED) is 0.690. The Bertz CT molecular complexity index is 703. The van der Waals surface area contributed by atoms with Crippen molar-refractivity contribution in [3.05, 3.63) is 48.2 Å². The van der Waals surface area contributed by atoms with Crippen LogP contribution < -0.4 is 4.74 Å². The zero-order valence-corrected chi connectivity index (χ0v) is 10.3. The molecule has 0 unspecified atom stereocenters. The van der Waals surface area contributed by atoms with Gasteiger partial charge in [0, 0.05) is 11.8 Å². The Labute approximate surface area is 105 Å². The summed E-state index contributed by atoms with van der Waals surface area (Å²) in [5.74, 6) is 1.52. The number of aryl methyl sites for hydroxylation is 1. The van der Waals surface area contributed by atoms with Crippen LogP contribution in [0, 0.1) is 6.92 Å². The van der Waals surface area contributed by atoms with Gasteiger partial charge in [0.1, 0.15) is 5.75 Å². The van der Waals surface area contributed by atoms with Gasteiger partial charge in [-0.05, 0) is 30.7 Å². The van der Waals surface area contributed by atoms with Crippen molar-refractivity contribution in [3.8, 4) is 17.1 Å². The first-order chi connectivity index (χ1) is 8.78. The van der Waals surface area contributed by atoms with Gasteiger partial charge in [-0.15, -0.1) is 5.10 Å². The monoisotopic (exact) mass is 239 g/mol. The highest BCUT2D eigenvalue weighted by Gasteiger charge is 2.08. The Kier molecular flexibility index (Phi) is 2.48. The van der Waals surface area contributed by atoms with Gasteiger partial charge in [0.15, 0.2) is 11.5 Å². The Morgan fingerprint density at radius 1 is 1.17 bits per heavy atom. The molecule has 0 saturated carbocycles. The summed E-state index contributed by atoms with van der Waals surface area (Å²) in [5.41, 5.74) is 2.95. The molecule has 0 fully saturated rings. The van der Waals surface area contributed by atoms with Gasteiger partial charge in [-0.25, -0.2) is 9.50 Å². The lowest BCUT2D eigenvalue weighted by Gasteiger charge is -2.00. The maximum absolute atomic E-state index is 5.21. The van der Waals surface area contributed by atoms with Gasteiger partial charge in [-0.2, -0.15) is 0 Å². The van der Waals surface area contributed by atoms with E-state index in [1.807, 2.05) is 49.5 Å². The lowest BCUT2D eigenvalue weighted by molar-refractivity contribution is 0.415. The Morgan fingerprint density at radius 3 is 2.83 bits per heavy atom. The maximum atomic E-state index is 5.21. The SMILES string of the molecule is COc1cccc(-c2nc3c(C)cccn3n2)c1. The van der Waals surface area contributed by atoms with Crippen LogP contribution in [0.1, 0.15) is 5.56 Å². The summed E-state index contributed by atoms with van der Waals surface area (Å²) in [4.78, 5) is 4.55. The second kappa shape index (κ2) is 4.14. The molecule has 1 aromatic carbocycles. The van der Waals surface area contributed by atoms with E-state index in [4.69, 9.17) is 4.74 Å². The van der Waals surface area contributed by atoms with E-state index in [1.54, 1.807) is 11.6 Å². The third-order valence-electron chi connectivity index (χ3n) is 2.89. The van der Waals surface area contributed by atoms with E-state index in [9.17, 15) is 0 Å². The number of hydrogen-bond acceptors (Lipinski definition) is 3. The largest absolute Gasteiger partial charge is 0.497 e. The van der Waals surface area contributed by atoms with Crippen LogP contribution in [0.4, 0.5) is 0 Å². The normalized spacial score (nSPS) is 10.8. The molecule has 3 aromatic rings. The van der Waals surface area contributed by atoms with Crippen LogP contribution in [-0.4, -0.2) is 21.7 Å². The summed E-state index contributed by atoms with van der Waals surface area (Å²) >= 11 is 0. The molecular weight excluding hydrogens is 226 g/mol. The molecule has 0 bridgehead atoms. The van der Waals surface area contributed by atoms with Crippen molar-refractivity contribution in [2.24, 2.45) is 0 Å². The fraction of sp³-hybridized carbons (Fsp3) is 0.143. The topological polar surface area (TPSA) is 39.4 Å². The molecular formula is C14H13N3O. The minimum Gasteiger partial charge on any atom is -0.497 e. The number of nitrogens with zero attached hydrogens (tertiary/aromatic N) is 3. The van der Waals surface area contributed by atoms with E-state index < -0.39 is 0 Å². The molecule has 2 aromatic heterocycles. The van der Waals surface area contributed by atoms with Gasteiger partial charge >= 0.3 is 0 Å². The van der Waals surface area contributed by atoms with Crippen LogP contribution in [-0.2, 0) is 0 Å². The molecule has 2 heterocycles. The van der Waals surface area contributed by atoms with Crippen molar-refractivity contribution >= 4 is 5.65 Å². The van der Waals surface area contributed by atoms with Crippen molar-refractivity contribution in [2.75, 3.05) is 7.11 Å². The number of rotatable bonds is 2. The maximum Gasteiger partial charge on any atom is 0.182 e. The number of methoxy groups -OCH3 is 1. The minimum atomic E-state index is 0.711. The molecule has 0 atom stereocenters. The summed E-state index contributed by atoms with van der Waals surface area (Å²) < 4.78 is 7.01. The summed E-state index contributed by atoms with van der Waals surface area (Å²) in [6, 6.07) is 11.7. The average molecular weight is 239 g/mol. The lowest BCUT2D eigenvalue weighted by atomic mass is 10.2. The molecule has 90 valence electrons. The number of aromatic nitrogens is 3. The van der Waals surface area contributed by atoms with E-state index in [2.05, 4.69) is 10.1 Å². The van der Waals surface area contributed by atoms with Gasteiger partial charge in [-0.1, -0.05) is 18.2 Å². The van der Waals surface area contributed by atoms with E-state index in [-0.39, 0.29) is 0 Å². The molecule has 0 radical (unpaired) electrons. The molecule has 0 amide bonds. The van der Waals surface area contributed by atoms with Crippen LogP contribution in [0.3, 0.4) is 0 Å².